The largest absolute Gasteiger partial charge is 0.493 e. The van der Waals surface area contributed by atoms with Crippen molar-refractivity contribution in [3.8, 4) is 11.5 Å². The van der Waals surface area contributed by atoms with Crippen molar-refractivity contribution in [3.63, 3.8) is 0 Å². The van der Waals surface area contributed by atoms with Gasteiger partial charge in [0, 0.05) is 18.3 Å². The van der Waals surface area contributed by atoms with Crippen LogP contribution in [0, 0.1) is 0 Å². The average molecular weight is 652 g/mol. The number of sulfonamides is 1. The standard InChI is InChI=1S/C34H45N3O6SSi/c1-34(2,3)45(6,7)43-23-27-19-26(25-13-15-28(16-14-25)44(39,40)36-4)17-18-37(27)33(38)29-20-31(41-5)32(21-30(29)35)42-22-24-11-9-8-10-12-24/h8-16,19-21,27,36H,17-18,22-23,35H2,1-7H3. The molecule has 0 fully saturated rings. The highest BCUT2D eigenvalue weighted by Crippen LogP contribution is 2.38. The van der Waals surface area contributed by atoms with Gasteiger partial charge >= 0.3 is 0 Å². The fourth-order valence-corrected chi connectivity index (χ4v) is 6.59. The Bertz CT molecular complexity index is 1630. The molecule has 0 spiro atoms. The number of ether oxygens (including phenoxy) is 2. The predicted octanol–water partition coefficient (Wildman–Crippen LogP) is 6.08. The van der Waals surface area contributed by atoms with Crippen LogP contribution < -0.4 is 19.9 Å². The molecular formula is C34H45N3O6SSi. The molecule has 0 saturated heterocycles. The van der Waals surface area contributed by atoms with Crippen molar-refractivity contribution in [1.29, 1.82) is 0 Å². The van der Waals surface area contributed by atoms with Gasteiger partial charge in [0.15, 0.2) is 19.8 Å². The summed E-state index contributed by atoms with van der Waals surface area (Å²) in [5, 5.41) is -0.00887. The van der Waals surface area contributed by atoms with Crippen LogP contribution >= 0.6 is 0 Å². The molecule has 1 unspecified atom stereocenters. The molecule has 242 valence electrons. The Balaban J connectivity index is 1.64. The maximum atomic E-state index is 14.1. The molecule has 1 amide bonds. The van der Waals surface area contributed by atoms with Crippen molar-refractivity contribution < 1.29 is 27.1 Å². The summed E-state index contributed by atoms with van der Waals surface area (Å²) in [6, 6.07) is 19.5. The number of amides is 1. The highest BCUT2D eigenvalue weighted by molar-refractivity contribution is 7.89. The topological polar surface area (TPSA) is 120 Å². The number of methoxy groups -OCH3 is 1. The SMILES string of the molecule is CNS(=O)(=O)c1ccc(C2=CC(CO[Si](C)(C)C(C)(C)C)N(C(=O)c3cc(OC)c(OCc4ccccc4)cc3N)CC2)cc1. The Morgan fingerprint density at radius 1 is 1.04 bits per heavy atom. The molecule has 0 aromatic heterocycles. The summed E-state index contributed by atoms with van der Waals surface area (Å²) in [6.45, 7) is 12.0. The van der Waals surface area contributed by atoms with Crippen molar-refractivity contribution >= 4 is 35.5 Å². The minimum atomic E-state index is -3.55. The van der Waals surface area contributed by atoms with E-state index in [1.54, 1.807) is 41.3 Å². The highest BCUT2D eigenvalue weighted by atomic mass is 32.2. The van der Waals surface area contributed by atoms with Crippen molar-refractivity contribution in [1.82, 2.24) is 9.62 Å². The van der Waals surface area contributed by atoms with Crippen LogP contribution in [0.1, 0.15) is 48.7 Å². The summed E-state index contributed by atoms with van der Waals surface area (Å²) >= 11 is 0. The molecule has 3 aromatic carbocycles. The zero-order chi connectivity index (χ0) is 33.0. The third kappa shape index (κ3) is 7.96. The number of hydrogen-bond acceptors (Lipinski definition) is 7. The van der Waals surface area contributed by atoms with Crippen LogP contribution in [0.3, 0.4) is 0 Å². The first-order valence-electron chi connectivity index (χ1n) is 15.0. The molecule has 3 aromatic rings. The molecule has 0 saturated carbocycles. The second-order valence-electron chi connectivity index (χ2n) is 12.7. The molecule has 0 radical (unpaired) electrons. The van der Waals surface area contributed by atoms with Gasteiger partial charge in [-0.25, -0.2) is 13.1 Å². The number of benzene rings is 3. The first-order chi connectivity index (χ1) is 21.2. The van der Waals surface area contributed by atoms with Crippen LogP contribution in [0.5, 0.6) is 11.5 Å². The molecule has 3 N–H and O–H groups in total. The number of nitrogens with one attached hydrogen (secondary N) is 1. The van der Waals surface area contributed by atoms with Gasteiger partial charge in [-0.05, 0) is 66.5 Å². The zero-order valence-corrected chi connectivity index (χ0v) is 29.0. The lowest BCUT2D eigenvalue weighted by Crippen LogP contribution is -2.49. The van der Waals surface area contributed by atoms with Gasteiger partial charge in [-0.2, -0.15) is 0 Å². The van der Waals surface area contributed by atoms with Gasteiger partial charge in [-0.15, -0.1) is 0 Å². The van der Waals surface area contributed by atoms with Gasteiger partial charge in [0.2, 0.25) is 10.0 Å². The van der Waals surface area contributed by atoms with E-state index >= 15 is 0 Å². The van der Waals surface area contributed by atoms with E-state index in [0.29, 0.717) is 48.9 Å². The summed E-state index contributed by atoms with van der Waals surface area (Å²) < 4.78 is 45.1. The van der Waals surface area contributed by atoms with Crippen molar-refractivity contribution in [3.05, 3.63) is 89.5 Å². The Morgan fingerprint density at radius 2 is 1.71 bits per heavy atom. The number of rotatable bonds is 11. The highest BCUT2D eigenvalue weighted by Gasteiger charge is 2.39. The number of carbonyl (C=O) groups excluding carboxylic acids is 1. The Morgan fingerprint density at radius 3 is 2.31 bits per heavy atom. The van der Waals surface area contributed by atoms with Gasteiger partial charge in [-0.3, -0.25) is 4.79 Å². The minimum Gasteiger partial charge on any atom is -0.493 e. The van der Waals surface area contributed by atoms with Crippen molar-refractivity contribution in [2.75, 3.05) is 33.0 Å². The normalized spacial score (nSPS) is 15.8. The van der Waals surface area contributed by atoms with E-state index < -0.39 is 18.3 Å². The van der Waals surface area contributed by atoms with Crippen LogP contribution in [-0.4, -0.2) is 60.9 Å². The average Bonchev–Trinajstić information content (AvgIpc) is 3.02. The molecule has 1 heterocycles. The van der Waals surface area contributed by atoms with E-state index in [0.717, 1.165) is 16.7 Å². The Hall–Kier alpha value is -3.64. The molecule has 9 nitrogen and oxygen atoms in total. The molecule has 4 rings (SSSR count). The quantitative estimate of drug-likeness (QED) is 0.190. The smallest absolute Gasteiger partial charge is 0.256 e. The third-order valence-electron chi connectivity index (χ3n) is 8.71. The lowest BCUT2D eigenvalue weighted by atomic mass is 9.95. The van der Waals surface area contributed by atoms with Gasteiger partial charge < -0.3 is 24.5 Å². The van der Waals surface area contributed by atoms with E-state index in [4.69, 9.17) is 19.6 Å². The van der Waals surface area contributed by atoms with Crippen molar-refractivity contribution in [2.45, 2.75) is 62.9 Å². The minimum absolute atomic E-state index is 0.00887. The third-order valence-corrected chi connectivity index (χ3v) is 14.6. The van der Waals surface area contributed by atoms with E-state index in [1.807, 2.05) is 30.3 Å². The van der Waals surface area contributed by atoms with E-state index in [-0.39, 0.29) is 21.9 Å². The van der Waals surface area contributed by atoms with Crippen LogP contribution in [0.25, 0.3) is 5.57 Å². The van der Waals surface area contributed by atoms with E-state index in [9.17, 15) is 13.2 Å². The summed E-state index contributed by atoms with van der Waals surface area (Å²) in [5.74, 6) is 0.648. The number of anilines is 1. The molecule has 1 atom stereocenters. The molecule has 11 heteroatoms. The predicted molar refractivity (Wildman–Crippen MR) is 181 cm³/mol. The zero-order valence-electron chi connectivity index (χ0n) is 27.2. The Labute approximate surface area is 268 Å². The number of hydrogen-bond donors (Lipinski definition) is 2. The monoisotopic (exact) mass is 651 g/mol. The molecular weight excluding hydrogens is 607 g/mol. The molecule has 0 bridgehead atoms. The molecule has 1 aliphatic rings. The number of nitrogens with zero attached hydrogens (tertiary/aromatic N) is 1. The number of nitrogen functional groups attached to an aromatic ring is 1. The van der Waals surface area contributed by atoms with Gasteiger partial charge in [0.05, 0.1) is 30.2 Å². The second kappa shape index (κ2) is 13.8. The summed E-state index contributed by atoms with van der Waals surface area (Å²) in [6.07, 6.45) is 2.64. The molecule has 0 aliphatic carbocycles. The lowest BCUT2D eigenvalue weighted by Gasteiger charge is -2.40. The first-order valence-corrected chi connectivity index (χ1v) is 19.4. The van der Waals surface area contributed by atoms with Gasteiger partial charge in [-0.1, -0.05) is 69.3 Å². The summed E-state index contributed by atoms with van der Waals surface area (Å²) in [5.41, 5.74) is 10.0. The van der Waals surface area contributed by atoms with Crippen molar-refractivity contribution in [2.24, 2.45) is 0 Å². The maximum Gasteiger partial charge on any atom is 0.256 e. The Kier molecular flexibility index (Phi) is 10.5. The number of carbonyl (C=O) groups is 1. The fraction of sp³-hybridized carbons (Fsp3) is 0.382. The molecule has 1 aliphatic heterocycles. The lowest BCUT2D eigenvalue weighted by molar-refractivity contribution is 0.0655. The second-order valence-corrected chi connectivity index (χ2v) is 19.4. The maximum absolute atomic E-state index is 14.1. The van der Waals surface area contributed by atoms with Gasteiger partial charge in [0.1, 0.15) is 6.61 Å². The summed E-state index contributed by atoms with van der Waals surface area (Å²) in [4.78, 5) is 16.1. The van der Waals surface area contributed by atoms with Gasteiger partial charge in [0.25, 0.3) is 5.91 Å². The van der Waals surface area contributed by atoms with Crippen LogP contribution in [0.4, 0.5) is 5.69 Å². The van der Waals surface area contributed by atoms with E-state index in [1.165, 1.54) is 14.2 Å². The van der Waals surface area contributed by atoms with Crippen LogP contribution in [-0.2, 0) is 21.1 Å². The fourth-order valence-electron chi connectivity index (χ4n) is 4.84. The number of nitrogens with two attached hydrogens (primary N) is 1. The first kappa shape index (κ1) is 34.2. The van der Waals surface area contributed by atoms with Crippen LogP contribution in [0.15, 0.2) is 77.7 Å². The summed E-state index contributed by atoms with van der Waals surface area (Å²) in [7, 11) is -2.76. The molecule has 45 heavy (non-hydrogen) atoms. The van der Waals surface area contributed by atoms with Crippen LogP contribution in [0.2, 0.25) is 18.1 Å². The van der Waals surface area contributed by atoms with E-state index in [2.05, 4.69) is 44.7 Å².